The summed E-state index contributed by atoms with van der Waals surface area (Å²) in [5.74, 6) is 0.793. The van der Waals surface area contributed by atoms with E-state index < -0.39 is 0 Å². The molecule has 3 aromatic carbocycles. The Bertz CT molecular complexity index is 1830. The highest BCUT2D eigenvalue weighted by Gasteiger charge is 2.21. The van der Waals surface area contributed by atoms with E-state index in [1.165, 1.54) is 0 Å². The molecule has 0 N–H and O–H groups in total. The molecule has 0 amide bonds. The fourth-order valence-corrected chi connectivity index (χ4v) is 4.62. The van der Waals surface area contributed by atoms with Crippen LogP contribution in [0.5, 0.6) is 0 Å². The Labute approximate surface area is 189 Å². The Morgan fingerprint density at radius 2 is 1.55 bits per heavy atom. The second-order valence-corrected chi connectivity index (χ2v) is 8.21. The van der Waals surface area contributed by atoms with Crippen LogP contribution in [-0.4, -0.2) is 19.5 Å². The monoisotopic (exact) mass is 426 g/mol. The lowest BCUT2D eigenvalue weighted by Crippen LogP contribution is -1.98. The first-order valence-electron chi connectivity index (χ1n) is 10.9. The van der Waals surface area contributed by atoms with Crippen LogP contribution >= 0.6 is 0 Å². The number of furan rings is 1. The van der Waals surface area contributed by atoms with Crippen LogP contribution in [0.4, 0.5) is 0 Å². The number of fused-ring (bicyclic) bond motifs is 6. The van der Waals surface area contributed by atoms with E-state index in [1.807, 2.05) is 55.6 Å². The number of benzene rings is 3. The van der Waals surface area contributed by atoms with Crippen molar-refractivity contribution in [2.24, 2.45) is 0 Å². The van der Waals surface area contributed by atoms with Crippen LogP contribution in [-0.2, 0) is 0 Å². The zero-order chi connectivity index (χ0) is 21.9. The van der Waals surface area contributed by atoms with E-state index in [9.17, 15) is 0 Å². The standard InChI is InChI=1S/C28H18N4O/c1-17-14-15-22-21-12-7-13-23(25(21)33-28(22)30-17)26-31-24-20-11-6-5-8-18(20)16-29-27(24)32(26)19-9-3-2-4-10-19/h2-16H,1H3. The molecule has 33 heavy (non-hydrogen) atoms. The van der Waals surface area contributed by atoms with Crippen LogP contribution in [0.3, 0.4) is 0 Å². The van der Waals surface area contributed by atoms with E-state index in [0.29, 0.717) is 5.71 Å². The van der Waals surface area contributed by atoms with Crippen molar-refractivity contribution in [3.63, 3.8) is 0 Å². The van der Waals surface area contributed by atoms with Crippen LogP contribution < -0.4 is 0 Å². The molecule has 0 saturated carbocycles. The third-order valence-electron chi connectivity index (χ3n) is 6.15. The maximum atomic E-state index is 6.31. The van der Waals surface area contributed by atoms with E-state index in [2.05, 4.69) is 52.0 Å². The maximum absolute atomic E-state index is 6.31. The summed E-state index contributed by atoms with van der Waals surface area (Å²) in [4.78, 5) is 14.6. The van der Waals surface area contributed by atoms with Crippen molar-refractivity contribution in [1.29, 1.82) is 0 Å². The lowest BCUT2D eigenvalue weighted by Gasteiger charge is -2.09. The topological polar surface area (TPSA) is 56.7 Å². The van der Waals surface area contributed by atoms with Crippen LogP contribution in [0.25, 0.3) is 61.1 Å². The summed E-state index contributed by atoms with van der Waals surface area (Å²) in [6.45, 7) is 1.97. The number of hydrogen-bond acceptors (Lipinski definition) is 4. The highest BCUT2D eigenvalue weighted by molar-refractivity contribution is 6.09. The van der Waals surface area contributed by atoms with Gasteiger partial charge in [0, 0.05) is 39.1 Å². The van der Waals surface area contributed by atoms with E-state index in [4.69, 9.17) is 14.4 Å². The van der Waals surface area contributed by atoms with Gasteiger partial charge < -0.3 is 4.42 Å². The number of rotatable bonds is 2. The Morgan fingerprint density at radius 1 is 0.727 bits per heavy atom. The molecule has 4 aromatic heterocycles. The van der Waals surface area contributed by atoms with Crippen LogP contribution in [0, 0.1) is 6.92 Å². The molecule has 5 nitrogen and oxygen atoms in total. The third kappa shape index (κ3) is 2.62. The normalized spacial score (nSPS) is 11.8. The number of hydrogen-bond donors (Lipinski definition) is 0. The Kier molecular flexibility index (Phi) is 3.70. The summed E-state index contributed by atoms with van der Waals surface area (Å²) in [6.07, 6.45) is 1.91. The molecule has 0 spiro atoms. The molecule has 5 heteroatoms. The molecular formula is C28H18N4O. The largest absolute Gasteiger partial charge is 0.437 e. The maximum Gasteiger partial charge on any atom is 0.227 e. The summed E-state index contributed by atoms with van der Waals surface area (Å²) < 4.78 is 8.42. The molecule has 4 heterocycles. The van der Waals surface area contributed by atoms with Crippen molar-refractivity contribution in [3.8, 4) is 17.1 Å². The van der Waals surface area contributed by atoms with Crippen molar-refractivity contribution < 1.29 is 4.42 Å². The SMILES string of the molecule is Cc1ccc2c(n1)oc1c(-c3nc4c5ccccc5cnc4n3-c3ccccc3)cccc12. The molecule has 0 aliphatic rings. The number of aromatic nitrogens is 4. The number of aryl methyl sites for hydroxylation is 1. The summed E-state index contributed by atoms with van der Waals surface area (Å²) in [5, 5.41) is 4.17. The second kappa shape index (κ2) is 6.74. The Balaban J connectivity index is 1.63. The van der Waals surface area contributed by atoms with Crippen LogP contribution in [0.2, 0.25) is 0 Å². The van der Waals surface area contributed by atoms with Crippen molar-refractivity contribution in [3.05, 3.63) is 96.8 Å². The summed E-state index contributed by atoms with van der Waals surface area (Å²) in [6, 6.07) is 28.7. The van der Waals surface area contributed by atoms with Gasteiger partial charge in [-0.2, -0.15) is 0 Å². The smallest absolute Gasteiger partial charge is 0.227 e. The van der Waals surface area contributed by atoms with Gasteiger partial charge in [0.2, 0.25) is 5.71 Å². The minimum absolute atomic E-state index is 0.642. The lowest BCUT2D eigenvalue weighted by molar-refractivity contribution is 0.653. The van der Waals surface area contributed by atoms with Gasteiger partial charge in [-0.15, -0.1) is 0 Å². The van der Waals surface area contributed by atoms with E-state index >= 15 is 0 Å². The van der Waals surface area contributed by atoms with Crippen molar-refractivity contribution in [1.82, 2.24) is 19.5 Å². The molecule has 0 unspecified atom stereocenters. The zero-order valence-corrected chi connectivity index (χ0v) is 17.9. The minimum Gasteiger partial charge on any atom is -0.437 e. The van der Waals surface area contributed by atoms with Crippen molar-refractivity contribution in [2.75, 3.05) is 0 Å². The van der Waals surface area contributed by atoms with Gasteiger partial charge in [0.1, 0.15) is 11.1 Å². The number of pyridine rings is 2. The fraction of sp³-hybridized carbons (Fsp3) is 0.0357. The van der Waals surface area contributed by atoms with Gasteiger partial charge in [-0.1, -0.05) is 54.6 Å². The summed E-state index contributed by atoms with van der Waals surface area (Å²) in [7, 11) is 0. The first-order chi connectivity index (χ1) is 16.3. The molecule has 7 aromatic rings. The summed E-state index contributed by atoms with van der Waals surface area (Å²) >= 11 is 0. The molecule has 7 rings (SSSR count). The predicted octanol–water partition coefficient (Wildman–Crippen LogP) is 6.84. The van der Waals surface area contributed by atoms with Gasteiger partial charge >= 0.3 is 0 Å². The van der Waals surface area contributed by atoms with Gasteiger partial charge in [-0.25, -0.2) is 15.0 Å². The number of nitrogens with zero attached hydrogens (tertiary/aromatic N) is 4. The van der Waals surface area contributed by atoms with Crippen LogP contribution in [0.1, 0.15) is 5.69 Å². The molecule has 0 aliphatic carbocycles. The molecule has 0 fully saturated rings. The number of imidazole rings is 1. The quantitative estimate of drug-likeness (QED) is 0.304. The first-order valence-corrected chi connectivity index (χ1v) is 10.9. The molecule has 0 radical (unpaired) electrons. The van der Waals surface area contributed by atoms with Gasteiger partial charge in [-0.05, 0) is 37.3 Å². The number of para-hydroxylation sites is 2. The Morgan fingerprint density at radius 3 is 2.45 bits per heavy atom. The third-order valence-corrected chi connectivity index (χ3v) is 6.15. The second-order valence-electron chi connectivity index (χ2n) is 8.21. The fourth-order valence-electron chi connectivity index (χ4n) is 4.62. The van der Waals surface area contributed by atoms with Gasteiger partial charge in [0.25, 0.3) is 0 Å². The van der Waals surface area contributed by atoms with E-state index in [1.54, 1.807) is 0 Å². The summed E-state index contributed by atoms with van der Waals surface area (Å²) in [5.41, 5.74) is 5.95. The van der Waals surface area contributed by atoms with Crippen LogP contribution in [0.15, 0.2) is 95.5 Å². The molecule has 156 valence electrons. The molecule has 0 saturated heterocycles. The first kappa shape index (κ1) is 18.1. The lowest BCUT2D eigenvalue weighted by atomic mass is 10.1. The average molecular weight is 426 g/mol. The highest BCUT2D eigenvalue weighted by atomic mass is 16.3. The van der Waals surface area contributed by atoms with E-state index in [-0.39, 0.29) is 0 Å². The molecule has 0 atom stereocenters. The molecule has 0 aliphatic heterocycles. The molecular weight excluding hydrogens is 408 g/mol. The van der Waals surface area contributed by atoms with Gasteiger partial charge in [0.15, 0.2) is 11.5 Å². The highest BCUT2D eigenvalue weighted by Crippen LogP contribution is 2.38. The minimum atomic E-state index is 0.642. The van der Waals surface area contributed by atoms with E-state index in [0.717, 1.165) is 61.1 Å². The molecule has 0 bridgehead atoms. The average Bonchev–Trinajstić information content (AvgIpc) is 3.42. The van der Waals surface area contributed by atoms with Crippen molar-refractivity contribution >= 4 is 44.0 Å². The van der Waals surface area contributed by atoms with Crippen molar-refractivity contribution in [2.45, 2.75) is 6.92 Å². The zero-order valence-electron chi connectivity index (χ0n) is 17.9. The predicted molar refractivity (Wildman–Crippen MR) is 132 cm³/mol. The van der Waals surface area contributed by atoms with Gasteiger partial charge in [0.05, 0.1) is 5.56 Å². The Hall–Kier alpha value is -4.51. The van der Waals surface area contributed by atoms with Gasteiger partial charge in [-0.3, -0.25) is 4.57 Å².